The Labute approximate surface area is 202 Å². The summed E-state index contributed by atoms with van der Waals surface area (Å²) in [7, 11) is 0. The number of rotatable bonds is 8. The minimum atomic E-state index is -0.637. The van der Waals surface area contributed by atoms with Gasteiger partial charge in [-0.1, -0.05) is 42.1 Å². The van der Waals surface area contributed by atoms with E-state index in [0.717, 1.165) is 11.8 Å². The van der Waals surface area contributed by atoms with E-state index >= 15 is 0 Å². The second kappa shape index (κ2) is 10.7. The Morgan fingerprint density at radius 3 is 2.65 bits per heavy atom. The number of ether oxygens (including phenoxy) is 1. The van der Waals surface area contributed by atoms with Gasteiger partial charge < -0.3 is 10.1 Å². The van der Waals surface area contributed by atoms with E-state index in [9.17, 15) is 14.0 Å². The molecule has 4 aromatic rings. The van der Waals surface area contributed by atoms with E-state index in [0.29, 0.717) is 27.2 Å². The predicted octanol–water partition coefficient (Wildman–Crippen LogP) is 4.28. The highest BCUT2D eigenvalue weighted by molar-refractivity contribution is 7.99. The van der Waals surface area contributed by atoms with Gasteiger partial charge in [-0.2, -0.15) is 5.26 Å². The molecule has 2 heterocycles. The van der Waals surface area contributed by atoms with Gasteiger partial charge in [0, 0.05) is 5.69 Å². The Kier molecular flexibility index (Phi) is 7.31. The second-order valence-corrected chi connectivity index (χ2v) is 8.59. The number of thiophene rings is 1. The van der Waals surface area contributed by atoms with E-state index in [4.69, 9.17) is 10.00 Å². The lowest BCUT2D eigenvalue weighted by atomic mass is 10.2. The monoisotopic (exact) mass is 493 g/mol. The molecular formula is C23H16FN5O3S2. The number of anilines is 1. The van der Waals surface area contributed by atoms with E-state index in [1.807, 2.05) is 36.4 Å². The summed E-state index contributed by atoms with van der Waals surface area (Å²) in [6.45, 7) is -0.492. The molecule has 0 aliphatic heterocycles. The van der Waals surface area contributed by atoms with Gasteiger partial charge in [-0.25, -0.2) is 4.39 Å². The van der Waals surface area contributed by atoms with Gasteiger partial charge in [0.15, 0.2) is 17.6 Å². The van der Waals surface area contributed by atoms with Crippen molar-refractivity contribution < 1.29 is 18.7 Å². The molecule has 8 nitrogen and oxygen atoms in total. The Balaban J connectivity index is 1.44. The highest BCUT2D eigenvalue weighted by Gasteiger charge is 2.20. The summed E-state index contributed by atoms with van der Waals surface area (Å²) >= 11 is 2.26. The number of amides is 1. The zero-order chi connectivity index (χ0) is 23.9. The van der Waals surface area contributed by atoms with Crippen LogP contribution in [0.1, 0.15) is 5.56 Å². The number of esters is 1. The molecule has 4 rings (SSSR count). The average molecular weight is 494 g/mol. The predicted molar refractivity (Wildman–Crippen MR) is 126 cm³/mol. The highest BCUT2D eigenvalue weighted by atomic mass is 32.2. The van der Waals surface area contributed by atoms with Crippen LogP contribution in [0.2, 0.25) is 0 Å². The number of aromatic nitrogens is 3. The third-order valence-corrected chi connectivity index (χ3v) is 6.22. The highest BCUT2D eigenvalue weighted by Crippen LogP contribution is 2.29. The fraction of sp³-hybridized carbons (Fsp3) is 0.0870. The summed E-state index contributed by atoms with van der Waals surface area (Å²) in [4.78, 5) is 24.3. The molecule has 2 aromatic heterocycles. The molecular weight excluding hydrogens is 477 g/mol. The third kappa shape index (κ3) is 5.31. The zero-order valence-corrected chi connectivity index (χ0v) is 19.1. The summed E-state index contributed by atoms with van der Waals surface area (Å²) < 4.78 is 21.1. The van der Waals surface area contributed by atoms with Gasteiger partial charge in [0.2, 0.25) is 0 Å². The number of benzene rings is 2. The van der Waals surface area contributed by atoms with Gasteiger partial charge in [-0.15, -0.1) is 21.5 Å². The number of hydrogen-bond donors (Lipinski definition) is 1. The van der Waals surface area contributed by atoms with Gasteiger partial charge in [-0.3, -0.25) is 14.2 Å². The first-order valence-corrected chi connectivity index (χ1v) is 11.7. The van der Waals surface area contributed by atoms with Gasteiger partial charge >= 0.3 is 5.97 Å². The number of para-hydroxylation sites is 1. The van der Waals surface area contributed by atoms with E-state index < -0.39 is 24.3 Å². The maximum atomic E-state index is 14.4. The quantitative estimate of drug-likeness (QED) is 0.288. The Hall–Kier alpha value is -4.01. The number of nitrogens with zero attached hydrogens (tertiary/aromatic N) is 4. The van der Waals surface area contributed by atoms with E-state index in [2.05, 4.69) is 15.5 Å². The van der Waals surface area contributed by atoms with Crippen molar-refractivity contribution in [1.29, 1.82) is 5.26 Å². The Morgan fingerprint density at radius 2 is 1.88 bits per heavy atom. The van der Waals surface area contributed by atoms with Crippen LogP contribution in [0, 0.1) is 17.1 Å². The van der Waals surface area contributed by atoms with Gasteiger partial charge in [-0.05, 0) is 35.7 Å². The largest absolute Gasteiger partial charge is 0.455 e. The zero-order valence-electron chi connectivity index (χ0n) is 17.5. The molecule has 0 atom stereocenters. The van der Waals surface area contributed by atoms with Crippen LogP contribution in [0.25, 0.3) is 17.1 Å². The molecule has 34 heavy (non-hydrogen) atoms. The van der Waals surface area contributed by atoms with E-state index in [1.54, 1.807) is 34.2 Å². The first-order valence-electron chi connectivity index (χ1n) is 9.88. The van der Waals surface area contributed by atoms with Crippen LogP contribution in [0.3, 0.4) is 0 Å². The molecule has 2 aromatic carbocycles. The number of hydrogen-bond acceptors (Lipinski definition) is 8. The summed E-state index contributed by atoms with van der Waals surface area (Å²) in [5.74, 6) is -1.48. The standard InChI is InChI=1S/C23H16FN5O3S2/c24-18-9-5-4-8-17(18)21-27-28-23(29(21)16-6-2-1-3-7-16)34-14-20(31)32-13-19(30)26-22-15(12-25)10-11-33-22/h1-11H,13-14H2,(H,26,30). The number of nitriles is 1. The SMILES string of the molecule is N#Cc1ccsc1NC(=O)COC(=O)CSc1nnc(-c2ccccc2F)n1-c1ccccc1. The molecule has 0 spiro atoms. The number of nitrogens with one attached hydrogen (secondary N) is 1. The van der Waals surface area contributed by atoms with Crippen LogP contribution >= 0.6 is 23.1 Å². The first kappa shape index (κ1) is 23.2. The minimum Gasteiger partial charge on any atom is -0.455 e. The Morgan fingerprint density at radius 1 is 1.12 bits per heavy atom. The van der Waals surface area contributed by atoms with Crippen LogP contribution in [-0.4, -0.2) is 39.0 Å². The molecule has 1 amide bonds. The van der Waals surface area contributed by atoms with Crippen molar-refractivity contribution in [2.24, 2.45) is 0 Å². The molecule has 0 radical (unpaired) electrons. The smallest absolute Gasteiger partial charge is 0.316 e. The van der Waals surface area contributed by atoms with Crippen LogP contribution in [0.5, 0.6) is 0 Å². The molecule has 0 aliphatic carbocycles. The maximum Gasteiger partial charge on any atom is 0.316 e. The molecule has 11 heteroatoms. The van der Waals surface area contributed by atoms with Crippen molar-refractivity contribution in [2.45, 2.75) is 5.16 Å². The number of thioether (sulfide) groups is 1. The summed E-state index contributed by atoms with van der Waals surface area (Å²) in [6, 6.07) is 18.9. The number of carbonyl (C=O) groups excluding carboxylic acids is 2. The van der Waals surface area contributed by atoms with Crippen molar-refractivity contribution in [3.63, 3.8) is 0 Å². The number of carbonyl (C=O) groups is 2. The molecule has 0 saturated heterocycles. The first-order chi connectivity index (χ1) is 16.6. The fourth-order valence-corrected chi connectivity index (χ4v) is 4.46. The topological polar surface area (TPSA) is 110 Å². The lowest BCUT2D eigenvalue weighted by Gasteiger charge is -2.10. The van der Waals surface area contributed by atoms with Gasteiger partial charge in [0.25, 0.3) is 5.91 Å². The summed E-state index contributed by atoms with van der Waals surface area (Å²) in [6.07, 6.45) is 0. The number of halogens is 1. The molecule has 1 N–H and O–H groups in total. The Bertz CT molecular complexity index is 1360. The molecule has 0 saturated carbocycles. The van der Waals surface area contributed by atoms with Gasteiger partial charge in [0.1, 0.15) is 16.9 Å². The second-order valence-electron chi connectivity index (χ2n) is 6.73. The third-order valence-electron chi connectivity index (χ3n) is 4.48. The lowest BCUT2D eigenvalue weighted by Crippen LogP contribution is -2.21. The molecule has 0 bridgehead atoms. The van der Waals surface area contributed by atoms with Crippen molar-refractivity contribution in [3.8, 4) is 23.1 Å². The van der Waals surface area contributed by atoms with Crippen molar-refractivity contribution in [2.75, 3.05) is 17.7 Å². The van der Waals surface area contributed by atoms with Crippen LogP contribution in [-0.2, 0) is 14.3 Å². The van der Waals surface area contributed by atoms with Crippen molar-refractivity contribution >= 4 is 40.0 Å². The minimum absolute atomic E-state index is 0.141. The molecule has 0 aliphatic rings. The maximum absolute atomic E-state index is 14.4. The lowest BCUT2D eigenvalue weighted by molar-refractivity contribution is -0.144. The van der Waals surface area contributed by atoms with Crippen LogP contribution < -0.4 is 5.32 Å². The van der Waals surface area contributed by atoms with Crippen molar-refractivity contribution in [3.05, 3.63) is 77.4 Å². The van der Waals surface area contributed by atoms with Crippen LogP contribution in [0.4, 0.5) is 9.39 Å². The molecule has 0 unspecified atom stereocenters. The van der Waals surface area contributed by atoms with Crippen molar-refractivity contribution in [1.82, 2.24) is 14.8 Å². The molecule has 170 valence electrons. The normalized spacial score (nSPS) is 10.5. The van der Waals surface area contributed by atoms with Crippen LogP contribution in [0.15, 0.2) is 71.2 Å². The molecule has 0 fully saturated rings. The van der Waals surface area contributed by atoms with E-state index in [-0.39, 0.29) is 11.3 Å². The van der Waals surface area contributed by atoms with E-state index in [1.165, 1.54) is 17.4 Å². The average Bonchev–Trinajstić information content (AvgIpc) is 3.49. The van der Waals surface area contributed by atoms with Gasteiger partial charge in [0.05, 0.1) is 16.9 Å². The fourth-order valence-electron chi connectivity index (χ4n) is 2.96. The summed E-state index contributed by atoms with van der Waals surface area (Å²) in [5, 5.41) is 22.3. The summed E-state index contributed by atoms with van der Waals surface area (Å²) in [5.41, 5.74) is 1.31.